The fourth-order valence-electron chi connectivity index (χ4n) is 2.73. The minimum Gasteiger partial charge on any atom is -0.476 e. The zero-order valence-corrected chi connectivity index (χ0v) is 17.6. The summed E-state index contributed by atoms with van der Waals surface area (Å²) in [4.78, 5) is 17.5. The van der Waals surface area contributed by atoms with Crippen LogP contribution in [0.4, 0.5) is 18.9 Å². The van der Waals surface area contributed by atoms with Crippen LogP contribution in [0.2, 0.25) is 0 Å². The third-order valence-electron chi connectivity index (χ3n) is 4.17. The summed E-state index contributed by atoms with van der Waals surface area (Å²) in [5.41, 5.74) is 0.0762. The highest BCUT2D eigenvalue weighted by Gasteiger charge is 2.30. The molecule has 0 unspecified atom stereocenters. The van der Waals surface area contributed by atoms with Crippen molar-refractivity contribution in [2.45, 2.75) is 32.5 Å². The van der Waals surface area contributed by atoms with Gasteiger partial charge in [-0.2, -0.15) is 13.2 Å². The average Bonchev–Trinajstić information content (AvgIpc) is 3.02. The molecule has 0 aliphatic heterocycles. The van der Waals surface area contributed by atoms with Crippen LogP contribution in [0.5, 0.6) is 5.88 Å². The lowest BCUT2D eigenvalue weighted by atomic mass is 10.1. The average molecular weight is 437 g/mol. The first-order valence-corrected chi connectivity index (χ1v) is 10.1. The quantitative estimate of drug-likeness (QED) is 0.536. The van der Waals surface area contributed by atoms with Crippen LogP contribution in [0.15, 0.2) is 53.5 Å². The van der Waals surface area contributed by atoms with E-state index < -0.39 is 11.7 Å². The van der Waals surface area contributed by atoms with Gasteiger partial charge in [0.05, 0.1) is 16.0 Å². The zero-order chi connectivity index (χ0) is 21.9. The van der Waals surface area contributed by atoms with Gasteiger partial charge in [0.2, 0.25) is 5.88 Å². The van der Waals surface area contributed by atoms with Gasteiger partial charge in [-0.3, -0.25) is 8.75 Å². The molecular formula is C21H22F3N3O2S. The number of rotatable bonds is 6. The molecule has 3 rings (SSSR count). The molecule has 0 saturated heterocycles. The molecule has 0 fully saturated rings. The van der Waals surface area contributed by atoms with Crippen LogP contribution in [0.25, 0.3) is 10.4 Å². The SMILES string of the molecule is CC(C)(C)n1sc(-c2ccccc2)c(NCCOc2ccc(C(F)(F)F)cn2)c1=O. The number of alkyl halides is 3. The van der Waals surface area contributed by atoms with Gasteiger partial charge >= 0.3 is 6.18 Å². The van der Waals surface area contributed by atoms with Crippen molar-refractivity contribution < 1.29 is 17.9 Å². The Hall–Kier alpha value is -2.81. The molecule has 0 amide bonds. The molecule has 2 aromatic heterocycles. The fourth-order valence-corrected chi connectivity index (χ4v) is 3.85. The maximum absolute atomic E-state index is 13.0. The van der Waals surface area contributed by atoms with Crippen molar-refractivity contribution in [2.24, 2.45) is 0 Å². The molecule has 5 nitrogen and oxygen atoms in total. The Balaban J connectivity index is 1.72. The van der Waals surface area contributed by atoms with Crippen molar-refractivity contribution in [1.29, 1.82) is 0 Å². The summed E-state index contributed by atoms with van der Waals surface area (Å²) in [6.07, 6.45) is -3.70. The monoisotopic (exact) mass is 437 g/mol. The zero-order valence-electron chi connectivity index (χ0n) is 16.8. The minimum atomic E-state index is -4.44. The fraction of sp³-hybridized carbons (Fsp3) is 0.333. The topological polar surface area (TPSA) is 56.1 Å². The second-order valence-electron chi connectivity index (χ2n) is 7.59. The molecule has 1 N–H and O–H groups in total. The van der Waals surface area contributed by atoms with E-state index in [1.165, 1.54) is 17.6 Å². The summed E-state index contributed by atoms with van der Waals surface area (Å²) in [5, 5.41) is 3.12. The molecule has 0 atom stereocenters. The number of nitrogens with zero attached hydrogens (tertiary/aromatic N) is 2. The predicted molar refractivity (Wildman–Crippen MR) is 112 cm³/mol. The first-order valence-electron chi connectivity index (χ1n) is 9.29. The second-order valence-corrected chi connectivity index (χ2v) is 8.55. The number of ether oxygens (including phenoxy) is 1. The Bertz CT molecular complexity index is 1040. The van der Waals surface area contributed by atoms with Crippen LogP contribution < -0.4 is 15.6 Å². The van der Waals surface area contributed by atoms with E-state index in [1.807, 2.05) is 51.1 Å². The van der Waals surface area contributed by atoms with Gasteiger partial charge in [-0.1, -0.05) is 41.9 Å². The number of hydrogen-bond acceptors (Lipinski definition) is 5. The summed E-state index contributed by atoms with van der Waals surface area (Å²) in [5.74, 6) is 0.0884. The standard InChI is InChI=1S/C21H22F3N3O2S/c1-20(2,3)27-19(28)17(18(30-27)14-7-5-4-6-8-14)25-11-12-29-16-10-9-15(13-26-16)21(22,23)24/h4-10,13,25H,11-12H2,1-3H3. The van der Waals surface area contributed by atoms with Crippen LogP contribution >= 0.6 is 11.5 Å². The second kappa shape index (κ2) is 8.51. The first kappa shape index (κ1) is 21.9. The summed E-state index contributed by atoms with van der Waals surface area (Å²) in [6.45, 7) is 6.31. The number of aromatic nitrogens is 2. The van der Waals surface area contributed by atoms with Crippen LogP contribution in [0.1, 0.15) is 26.3 Å². The Kier molecular flexibility index (Phi) is 6.21. The van der Waals surface area contributed by atoms with Gasteiger partial charge < -0.3 is 10.1 Å². The van der Waals surface area contributed by atoms with Gasteiger partial charge in [0, 0.05) is 18.8 Å². The molecule has 1 aromatic carbocycles. The lowest BCUT2D eigenvalue weighted by Gasteiger charge is -2.18. The molecular weight excluding hydrogens is 415 g/mol. The molecule has 30 heavy (non-hydrogen) atoms. The normalized spacial score (nSPS) is 12.1. The summed E-state index contributed by atoms with van der Waals surface area (Å²) in [7, 11) is 0. The van der Waals surface area contributed by atoms with E-state index in [2.05, 4.69) is 10.3 Å². The highest BCUT2D eigenvalue weighted by Crippen LogP contribution is 2.33. The molecule has 2 heterocycles. The largest absolute Gasteiger partial charge is 0.476 e. The smallest absolute Gasteiger partial charge is 0.417 e. The van der Waals surface area contributed by atoms with Crippen LogP contribution in [-0.2, 0) is 11.7 Å². The first-order chi connectivity index (χ1) is 14.1. The highest BCUT2D eigenvalue weighted by atomic mass is 32.1. The molecule has 160 valence electrons. The molecule has 3 aromatic rings. The molecule has 0 saturated carbocycles. The number of halogens is 3. The van der Waals surface area contributed by atoms with Crippen molar-refractivity contribution >= 4 is 17.2 Å². The van der Waals surface area contributed by atoms with Crippen molar-refractivity contribution in [3.05, 3.63) is 64.6 Å². The maximum atomic E-state index is 13.0. The van der Waals surface area contributed by atoms with E-state index in [1.54, 1.807) is 3.96 Å². The van der Waals surface area contributed by atoms with Crippen molar-refractivity contribution in [1.82, 2.24) is 8.94 Å². The Morgan fingerprint density at radius 3 is 2.37 bits per heavy atom. The van der Waals surface area contributed by atoms with Gasteiger partial charge in [0.25, 0.3) is 5.56 Å². The highest BCUT2D eigenvalue weighted by molar-refractivity contribution is 7.11. The summed E-state index contributed by atoms with van der Waals surface area (Å²) in [6, 6.07) is 11.7. The molecule has 0 spiro atoms. The van der Waals surface area contributed by atoms with E-state index >= 15 is 0 Å². The van der Waals surface area contributed by atoms with E-state index in [-0.39, 0.29) is 23.6 Å². The van der Waals surface area contributed by atoms with E-state index in [0.29, 0.717) is 12.2 Å². The van der Waals surface area contributed by atoms with Gasteiger partial charge in [-0.15, -0.1) is 0 Å². The molecule has 0 aliphatic carbocycles. The van der Waals surface area contributed by atoms with Gasteiger partial charge in [0.1, 0.15) is 12.3 Å². The van der Waals surface area contributed by atoms with Crippen molar-refractivity contribution in [3.63, 3.8) is 0 Å². The molecule has 9 heteroatoms. The van der Waals surface area contributed by atoms with E-state index in [9.17, 15) is 18.0 Å². The van der Waals surface area contributed by atoms with Gasteiger partial charge in [0.15, 0.2) is 0 Å². The third-order valence-corrected chi connectivity index (χ3v) is 5.69. The Morgan fingerprint density at radius 2 is 1.80 bits per heavy atom. The molecule has 0 aliphatic rings. The van der Waals surface area contributed by atoms with Crippen molar-refractivity contribution in [3.8, 4) is 16.3 Å². The predicted octanol–water partition coefficient (Wildman–Crippen LogP) is 5.24. The van der Waals surface area contributed by atoms with Crippen molar-refractivity contribution in [2.75, 3.05) is 18.5 Å². The van der Waals surface area contributed by atoms with Crippen LogP contribution in [0, 0.1) is 0 Å². The van der Waals surface area contributed by atoms with Gasteiger partial charge in [-0.25, -0.2) is 4.98 Å². The summed E-state index contributed by atoms with van der Waals surface area (Å²) < 4.78 is 44.9. The lowest BCUT2D eigenvalue weighted by Crippen LogP contribution is -2.30. The maximum Gasteiger partial charge on any atom is 0.417 e. The van der Waals surface area contributed by atoms with Crippen LogP contribution in [-0.4, -0.2) is 22.1 Å². The van der Waals surface area contributed by atoms with E-state index in [4.69, 9.17) is 4.74 Å². The Labute approximate surface area is 176 Å². The number of benzene rings is 1. The summed E-state index contributed by atoms with van der Waals surface area (Å²) >= 11 is 1.39. The van der Waals surface area contributed by atoms with Gasteiger partial charge in [-0.05, 0) is 32.4 Å². The Morgan fingerprint density at radius 1 is 1.10 bits per heavy atom. The number of hydrogen-bond donors (Lipinski definition) is 1. The third kappa shape index (κ3) is 5.02. The minimum absolute atomic E-state index is 0.0884. The number of anilines is 1. The molecule has 0 bridgehead atoms. The lowest BCUT2D eigenvalue weighted by molar-refractivity contribution is -0.137. The number of pyridine rings is 1. The van der Waals surface area contributed by atoms with Crippen LogP contribution in [0.3, 0.4) is 0 Å². The van der Waals surface area contributed by atoms with E-state index in [0.717, 1.165) is 22.7 Å². The molecule has 0 radical (unpaired) electrons. The number of nitrogens with one attached hydrogen (secondary N) is 1.